The van der Waals surface area contributed by atoms with Crippen LogP contribution in [-0.4, -0.2) is 0 Å². The van der Waals surface area contributed by atoms with E-state index in [2.05, 4.69) is 83.7 Å². The van der Waals surface area contributed by atoms with E-state index in [1.165, 1.54) is 21.9 Å². The quantitative estimate of drug-likeness (QED) is 0.509. The summed E-state index contributed by atoms with van der Waals surface area (Å²) in [4.78, 5) is 0. The Balaban J connectivity index is 2.39. The van der Waals surface area contributed by atoms with Crippen LogP contribution in [0.4, 0.5) is 0 Å². The van der Waals surface area contributed by atoms with Crippen LogP contribution < -0.4 is 0 Å². The monoisotopic (exact) mass is 334 g/mol. The van der Waals surface area contributed by atoms with Gasteiger partial charge in [-0.25, -0.2) is 0 Å². The highest BCUT2D eigenvalue weighted by Gasteiger charge is 2.10. The summed E-state index contributed by atoms with van der Waals surface area (Å²) < 4.78 is 1.08. The fourth-order valence-corrected chi connectivity index (χ4v) is 2.96. The van der Waals surface area contributed by atoms with Crippen molar-refractivity contribution in [3.63, 3.8) is 0 Å². The van der Waals surface area contributed by atoms with Crippen molar-refractivity contribution in [1.29, 1.82) is 0 Å². The third-order valence-electron chi connectivity index (χ3n) is 3.69. The number of rotatable bonds is 3. The Morgan fingerprint density at radius 2 is 1.48 bits per heavy atom. The molecule has 0 nitrogen and oxygen atoms in total. The molecule has 0 unspecified atom stereocenters. The zero-order chi connectivity index (χ0) is 14.8. The molecule has 0 heterocycles. The van der Waals surface area contributed by atoms with Crippen LogP contribution >= 0.6 is 15.9 Å². The van der Waals surface area contributed by atoms with Gasteiger partial charge in [0.15, 0.2) is 0 Å². The molecule has 0 saturated carbocycles. The normalized spacial score (nSPS) is 10.5. The Bertz CT molecular complexity index is 826. The van der Waals surface area contributed by atoms with Gasteiger partial charge < -0.3 is 0 Å². The molecular weight excluding hydrogens is 320 g/mol. The molecule has 0 aliphatic rings. The smallest absolute Gasteiger partial charge is 0.0175 e. The lowest BCUT2D eigenvalue weighted by Crippen LogP contribution is -1.90. The summed E-state index contributed by atoms with van der Waals surface area (Å²) in [6, 6.07) is 19.0. The Morgan fingerprint density at radius 3 is 2.14 bits per heavy atom. The molecule has 3 rings (SSSR count). The lowest BCUT2D eigenvalue weighted by molar-refractivity contribution is 1.58. The van der Waals surface area contributed by atoms with E-state index < -0.39 is 0 Å². The van der Waals surface area contributed by atoms with E-state index in [4.69, 9.17) is 0 Å². The van der Waals surface area contributed by atoms with Crippen molar-refractivity contribution in [3.05, 3.63) is 83.4 Å². The summed E-state index contributed by atoms with van der Waals surface area (Å²) in [6.07, 6.45) is 3.84. The van der Waals surface area contributed by atoms with Gasteiger partial charge in [-0.15, -0.1) is 0 Å². The summed E-state index contributed by atoms with van der Waals surface area (Å²) >= 11 is 3.49. The van der Waals surface area contributed by atoms with Gasteiger partial charge in [-0.3, -0.25) is 0 Å². The van der Waals surface area contributed by atoms with Gasteiger partial charge in [-0.2, -0.15) is 0 Å². The SMILES string of the molecule is C=Cc1c(-c2ccc(Br)cc2)cc2ccccc2c1C=C. The molecule has 3 aromatic rings. The maximum absolute atomic E-state index is 3.99. The van der Waals surface area contributed by atoms with E-state index in [0.29, 0.717) is 0 Å². The highest BCUT2D eigenvalue weighted by atomic mass is 79.9. The molecule has 0 aromatic heterocycles. The molecule has 0 atom stereocenters. The number of hydrogen-bond donors (Lipinski definition) is 0. The lowest BCUT2D eigenvalue weighted by Gasteiger charge is -2.14. The number of hydrogen-bond acceptors (Lipinski definition) is 0. The second-order valence-electron chi connectivity index (χ2n) is 4.89. The molecular formula is C20H15Br. The minimum Gasteiger partial charge on any atom is -0.0984 e. The molecule has 0 radical (unpaired) electrons. The molecule has 102 valence electrons. The van der Waals surface area contributed by atoms with Crippen molar-refractivity contribution in [2.75, 3.05) is 0 Å². The van der Waals surface area contributed by atoms with E-state index in [1.807, 2.05) is 12.2 Å². The van der Waals surface area contributed by atoms with E-state index in [-0.39, 0.29) is 0 Å². The van der Waals surface area contributed by atoms with E-state index >= 15 is 0 Å². The molecule has 0 aliphatic carbocycles. The molecule has 0 bridgehead atoms. The number of fused-ring (bicyclic) bond motifs is 1. The van der Waals surface area contributed by atoms with E-state index in [0.717, 1.165) is 15.6 Å². The molecule has 0 saturated heterocycles. The van der Waals surface area contributed by atoms with Crippen molar-refractivity contribution in [3.8, 4) is 11.1 Å². The molecule has 0 fully saturated rings. The standard InChI is InChI=1S/C20H15Br/c1-3-17-18(4-2)20(14-9-11-16(21)12-10-14)13-15-7-5-6-8-19(15)17/h3-13H,1-2H2. The maximum Gasteiger partial charge on any atom is 0.0175 e. The zero-order valence-corrected chi connectivity index (χ0v) is 13.2. The Labute approximate surface area is 133 Å². The first-order chi connectivity index (χ1) is 10.2. The predicted molar refractivity (Wildman–Crippen MR) is 97.3 cm³/mol. The lowest BCUT2D eigenvalue weighted by atomic mass is 9.90. The van der Waals surface area contributed by atoms with Gasteiger partial charge in [0.25, 0.3) is 0 Å². The fraction of sp³-hybridized carbons (Fsp3) is 0. The molecule has 21 heavy (non-hydrogen) atoms. The zero-order valence-electron chi connectivity index (χ0n) is 11.6. The van der Waals surface area contributed by atoms with Gasteiger partial charge in [0.1, 0.15) is 0 Å². The minimum atomic E-state index is 1.08. The second kappa shape index (κ2) is 5.71. The van der Waals surface area contributed by atoms with Crippen molar-refractivity contribution in [1.82, 2.24) is 0 Å². The van der Waals surface area contributed by atoms with E-state index in [1.54, 1.807) is 0 Å². The van der Waals surface area contributed by atoms with Crippen LogP contribution in [-0.2, 0) is 0 Å². The molecule has 0 N–H and O–H groups in total. The average molecular weight is 335 g/mol. The minimum absolute atomic E-state index is 1.08. The van der Waals surface area contributed by atoms with Crippen molar-refractivity contribution < 1.29 is 0 Å². The van der Waals surface area contributed by atoms with Gasteiger partial charge >= 0.3 is 0 Å². The maximum atomic E-state index is 3.99. The summed E-state index contributed by atoms with van der Waals surface area (Å²) in [5.41, 5.74) is 4.64. The van der Waals surface area contributed by atoms with Crippen molar-refractivity contribution >= 4 is 38.9 Å². The second-order valence-corrected chi connectivity index (χ2v) is 5.80. The van der Waals surface area contributed by atoms with Gasteiger partial charge in [0, 0.05) is 4.47 Å². The van der Waals surface area contributed by atoms with Crippen LogP contribution in [0.15, 0.2) is 72.2 Å². The molecule has 0 spiro atoms. The third kappa shape index (κ3) is 2.45. The third-order valence-corrected chi connectivity index (χ3v) is 4.22. The van der Waals surface area contributed by atoms with Gasteiger partial charge in [0.05, 0.1) is 0 Å². The summed E-state index contributed by atoms with van der Waals surface area (Å²) in [5.74, 6) is 0. The molecule has 1 heteroatoms. The van der Waals surface area contributed by atoms with Crippen LogP contribution in [0.2, 0.25) is 0 Å². The first kappa shape index (κ1) is 13.8. The highest BCUT2D eigenvalue weighted by Crippen LogP contribution is 2.34. The predicted octanol–water partition coefficient (Wildman–Crippen LogP) is 6.56. The first-order valence-corrected chi connectivity index (χ1v) is 7.60. The van der Waals surface area contributed by atoms with Crippen molar-refractivity contribution in [2.24, 2.45) is 0 Å². The number of benzene rings is 3. The van der Waals surface area contributed by atoms with E-state index in [9.17, 15) is 0 Å². The first-order valence-electron chi connectivity index (χ1n) is 6.81. The van der Waals surface area contributed by atoms with Crippen LogP contribution in [0.3, 0.4) is 0 Å². The summed E-state index contributed by atoms with van der Waals surface area (Å²) in [7, 11) is 0. The average Bonchev–Trinajstić information content (AvgIpc) is 2.53. The van der Waals surface area contributed by atoms with Gasteiger partial charge in [-0.05, 0) is 51.2 Å². The Kier molecular flexibility index (Phi) is 3.76. The van der Waals surface area contributed by atoms with Crippen molar-refractivity contribution in [2.45, 2.75) is 0 Å². The summed E-state index contributed by atoms with van der Waals surface area (Å²) in [5, 5.41) is 2.43. The topological polar surface area (TPSA) is 0 Å². The Hall–Kier alpha value is -2.12. The van der Waals surface area contributed by atoms with Gasteiger partial charge in [-0.1, -0.05) is 77.6 Å². The fourth-order valence-electron chi connectivity index (χ4n) is 2.70. The van der Waals surface area contributed by atoms with Gasteiger partial charge in [0.2, 0.25) is 0 Å². The molecule has 0 aliphatic heterocycles. The Morgan fingerprint density at radius 1 is 0.810 bits per heavy atom. The van der Waals surface area contributed by atoms with Crippen LogP contribution in [0.5, 0.6) is 0 Å². The molecule has 3 aromatic carbocycles. The summed E-state index contributed by atoms with van der Waals surface area (Å²) in [6.45, 7) is 7.98. The molecule has 0 amide bonds. The van der Waals surface area contributed by atoms with Crippen LogP contribution in [0, 0.1) is 0 Å². The van der Waals surface area contributed by atoms with Crippen LogP contribution in [0.1, 0.15) is 11.1 Å². The van der Waals surface area contributed by atoms with Crippen LogP contribution in [0.25, 0.3) is 34.1 Å². The highest BCUT2D eigenvalue weighted by molar-refractivity contribution is 9.10. The number of halogens is 1. The largest absolute Gasteiger partial charge is 0.0984 e.